The molecule has 0 bridgehead atoms. The highest BCUT2D eigenvalue weighted by Crippen LogP contribution is 2.39. The van der Waals surface area contributed by atoms with Gasteiger partial charge in [-0.25, -0.2) is 0 Å². The number of methoxy groups -OCH3 is 1. The molecule has 4 heteroatoms. The second-order valence-electron chi connectivity index (χ2n) is 5.18. The normalized spacial score (nSPS) is 26.8. The van der Waals surface area contributed by atoms with Gasteiger partial charge in [-0.1, -0.05) is 19.1 Å². The van der Waals surface area contributed by atoms with Gasteiger partial charge in [0.2, 0.25) is 0 Å². The fourth-order valence-corrected chi connectivity index (χ4v) is 2.19. The predicted octanol–water partition coefficient (Wildman–Crippen LogP) is 2.20. The Kier molecular flexibility index (Phi) is 4.22. The van der Waals surface area contributed by atoms with E-state index in [-0.39, 0.29) is 12.0 Å². The Morgan fingerprint density at radius 3 is 2.63 bits per heavy atom. The number of hydrogen-bond donors (Lipinski definition) is 0. The molecule has 1 aliphatic heterocycles. The Morgan fingerprint density at radius 1 is 1.42 bits per heavy atom. The fourth-order valence-electron chi connectivity index (χ4n) is 2.19. The molecule has 0 radical (unpaired) electrons. The monoisotopic (exact) mass is 264 g/mol. The van der Waals surface area contributed by atoms with Crippen molar-refractivity contribution in [2.45, 2.75) is 32.2 Å². The number of ether oxygens (including phenoxy) is 3. The lowest BCUT2D eigenvalue weighted by molar-refractivity contribution is -0.111. The molecule has 3 atom stereocenters. The largest absolute Gasteiger partial charge is 0.497 e. The Bertz CT molecular complexity index is 428. The molecule has 1 aromatic rings. The zero-order valence-electron chi connectivity index (χ0n) is 11.6. The number of rotatable bonds is 7. The summed E-state index contributed by atoms with van der Waals surface area (Å²) >= 11 is 0. The van der Waals surface area contributed by atoms with Gasteiger partial charge in [0.1, 0.15) is 11.4 Å². The number of hydrogen-bond acceptors (Lipinski definition) is 4. The summed E-state index contributed by atoms with van der Waals surface area (Å²) in [7, 11) is 1.65. The van der Waals surface area contributed by atoms with E-state index in [4.69, 9.17) is 14.2 Å². The van der Waals surface area contributed by atoms with Crippen LogP contribution in [0.3, 0.4) is 0 Å². The van der Waals surface area contributed by atoms with Crippen LogP contribution in [0.5, 0.6) is 5.75 Å². The van der Waals surface area contributed by atoms with E-state index >= 15 is 0 Å². The van der Waals surface area contributed by atoms with E-state index in [0.717, 1.165) is 17.6 Å². The average Bonchev–Trinajstić information content (AvgIpc) is 3.13. The third kappa shape index (κ3) is 3.33. The van der Waals surface area contributed by atoms with Crippen molar-refractivity contribution in [2.75, 3.05) is 13.7 Å². The molecule has 0 aliphatic carbocycles. The molecule has 2 rings (SSSR count). The highest BCUT2D eigenvalue weighted by molar-refractivity contribution is 5.67. The van der Waals surface area contributed by atoms with Crippen LogP contribution in [-0.4, -0.2) is 31.7 Å². The Labute approximate surface area is 113 Å². The minimum Gasteiger partial charge on any atom is -0.497 e. The molecular weight excluding hydrogens is 244 g/mol. The molecule has 104 valence electrons. The van der Waals surface area contributed by atoms with Gasteiger partial charge < -0.3 is 19.0 Å². The molecule has 1 heterocycles. The van der Waals surface area contributed by atoms with Gasteiger partial charge in [-0.3, -0.25) is 0 Å². The standard InChI is InChI=1S/C15H20O4/c1-11(14-15(2,10-16)19-14)8-18-9-12-4-6-13(17-3)7-5-12/h4-7,10-11,14H,8-9H2,1-3H3/t11-,14+,15-/m0/s1. The summed E-state index contributed by atoms with van der Waals surface area (Å²) in [5.41, 5.74) is 0.506. The maximum absolute atomic E-state index is 10.8. The van der Waals surface area contributed by atoms with Gasteiger partial charge in [-0.15, -0.1) is 0 Å². The second-order valence-corrected chi connectivity index (χ2v) is 5.18. The molecular formula is C15H20O4. The molecule has 0 saturated carbocycles. The van der Waals surface area contributed by atoms with Crippen molar-refractivity contribution in [3.8, 4) is 5.75 Å². The lowest BCUT2D eigenvalue weighted by atomic mass is 9.99. The number of benzene rings is 1. The number of carbonyl (C=O) groups excluding carboxylic acids is 1. The van der Waals surface area contributed by atoms with E-state index in [0.29, 0.717) is 13.2 Å². The van der Waals surface area contributed by atoms with Crippen LogP contribution in [0.2, 0.25) is 0 Å². The van der Waals surface area contributed by atoms with Crippen LogP contribution in [0.25, 0.3) is 0 Å². The Hall–Kier alpha value is -1.39. The lowest BCUT2D eigenvalue weighted by Crippen LogP contribution is -2.20. The molecule has 1 fully saturated rings. The molecule has 0 N–H and O–H groups in total. The molecule has 0 amide bonds. The zero-order chi connectivity index (χ0) is 13.9. The van der Waals surface area contributed by atoms with E-state index in [1.165, 1.54) is 0 Å². The van der Waals surface area contributed by atoms with E-state index in [2.05, 4.69) is 0 Å². The highest BCUT2D eigenvalue weighted by atomic mass is 16.6. The Morgan fingerprint density at radius 2 is 2.11 bits per heavy atom. The van der Waals surface area contributed by atoms with Crippen LogP contribution in [0.15, 0.2) is 24.3 Å². The van der Waals surface area contributed by atoms with Gasteiger partial charge in [0.05, 0.1) is 26.4 Å². The van der Waals surface area contributed by atoms with Crippen LogP contribution < -0.4 is 4.74 Å². The minimum absolute atomic E-state index is 0.0131. The first-order chi connectivity index (χ1) is 9.09. The molecule has 0 aromatic heterocycles. The van der Waals surface area contributed by atoms with E-state index in [1.807, 2.05) is 38.1 Å². The molecule has 1 aliphatic rings. The van der Waals surface area contributed by atoms with Gasteiger partial charge >= 0.3 is 0 Å². The predicted molar refractivity (Wildman–Crippen MR) is 71.2 cm³/mol. The fraction of sp³-hybridized carbons (Fsp3) is 0.533. The zero-order valence-corrected chi connectivity index (χ0v) is 11.6. The summed E-state index contributed by atoms with van der Waals surface area (Å²) in [6, 6.07) is 7.78. The molecule has 0 spiro atoms. The van der Waals surface area contributed by atoms with Crippen LogP contribution in [0.4, 0.5) is 0 Å². The number of epoxide rings is 1. The summed E-state index contributed by atoms with van der Waals surface area (Å²) < 4.78 is 16.1. The van der Waals surface area contributed by atoms with Crippen molar-refractivity contribution < 1.29 is 19.0 Å². The molecule has 1 aromatic carbocycles. The number of aldehydes is 1. The smallest absolute Gasteiger partial charge is 0.154 e. The van der Waals surface area contributed by atoms with Gasteiger partial charge in [-0.2, -0.15) is 0 Å². The SMILES string of the molecule is COc1ccc(COC[C@H](C)[C@H]2O[C@@]2(C)C=O)cc1. The van der Waals surface area contributed by atoms with E-state index in [9.17, 15) is 4.79 Å². The van der Waals surface area contributed by atoms with Gasteiger partial charge in [0, 0.05) is 5.92 Å². The minimum atomic E-state index is -0.594. The summed E-state index contributed by atoms with van der Waals surface area (Å²) in [6.45, 7) is 4.98. The van der Waals surface area contributed by atoms with Crippen molar-refractivity contribution in [2.24, 2.45) is 5.92 Å². The molecule has 0 unspecified atom stereocenters. The molecule has 19 heavy (non-hydrogen) atoms. The van der Waals surface area contributed by atoms with Crippen molar-refractivity contribution in [3.63, 3.8) is 0 Å². The first-order valence-corrected chi connectivity index (χ1v) is 6.44. The van der Waals surface area contributed by atoms with Gasteiger partial charge in [0.15, 0.2) is 6.29 Å². The maximum atomic E-state index is 10.8. The van der Waals surface area contributed by atoms with Crippen molar-refractivity contribution in [3.05, 3.63) is 29.8 Å². The topological polar surface area (TPSA) is 48.1 Å². The van der Waals surface area contributed by atoms with Gasteiger partial charge in [0.25, 0.3) is 0 Å². The maximum Gasteiger partial charge on any atom is 0.154 e. The molecule has 1 saturated heterocycles. The summed E-state index contributed by atoms with van der Waals surface area (Å²) in [5.74, 6) is 1.05. The van der Waals surface area contributed by atoms with Crippen molar-refractivity contribution in [1.82, 2.24) is 0 Å². The third-order valence-corrected chi connectivity index (χ3v) is 3.45. The second kappa shape index (κ2) is 5.72. The Balaban J connectivity index is 1.73. The van der Waals surface area contributed by atoms with Crippen molar-refractivity contribution >= 4 is 6.29 Å². The number of carbonyl (C=O) groups is 1. The van der Waals surface area contributed by atoms with Crippen LogP contribution in [-0.2, 0) is 20.9 Å². The first kappa shape index (κ1) is 14.0. The van der Waals surface area contributed by atoms with Crippen LogP contribution in [0, 0.1) is 5.92 Å². The van der Waals surface area contributed by atoms with Crippen LogP contribution in [0.1, 0.15) is 19.4 Å². The molecule has 4 nitrogen and oxygen atoms in total. The van der Waals surface area contributed by atoms with Crippen LogP contribution >= 0.6 is 0 Å². The van der Waals surface area contributed by atoms with Crippen molar-refractivity contribution in [1.29, 1.82) is 0 Å². The first-order valence-electron chi connectivity index (χ1n) is 6.44. The summed E-state index contributed by atoms with van der Waals surface area (Å²) in [5, 5.41) is 0. The summed E-state index contributed by atoms with van der Waals surface area (Å²) in [4.78, 5) is 10.8. The van der Waals surface area contributed by atoms with E-state index in [1.54, 1.807) is 7.11 Å². The third-order valence-electron chi connectivity index (χ3n) is 3.45. The van der Waals surface area contributed by atoms with Gasteiger partial charge in [-0.05, 0) is 24.6 Å². The quantitative estimate of drug-likeness (QED) is 0.559. The highest BCUT2D eigenvalue weighted by Gasteiger charge is 2.55. The van der Waals surface area contributed by atoms with E-state index < -0.39 is 5.60 Å². The lowest BCUT2D eigenvalue weighted by Gasteiger charge is -2.10. The summed E-state index contributed by atoms with van der Waals surface area (Å²) in [6.07, 6.45) is 0.860. The average molecular weight is 264 g/mol.